The Kier molecular flexibility index (Phi) is 8.10. The van der Waals surface area contributed by atoms with Crippen molar-refractivity contribution >= 4 is 5.91 Å². The molecule has 4 aliphatic carbocycles. The Balaban J connectivity index is 1.55. The maximum atomic E-state index is 12.5. The molecule has 9 atom stereocenters. The smallest absolute Gasteiger partial charge is 0.250 e. The van der Waals surface area contributed by atoms with Gasteiger partial charge in [0.2, 0.25) is 5.91 Å². The fraction of sp³-hybridized carbons (Fsp3) is 0.906. The van der Waals surface area contributed by atoms with Gasteiger partial charge in [0.1, 0.15) is 5.60 Å². The summed E-state index contributed by atoms with van der Waals surface area (Å²) in [6, 6.07) is 0. The molecule has 4 heteroatoms. The highest BCUT2D eigenvalue weighted by Gasteiger charge is 2.62. The second kappa shape index (κ2) is 10.4. The van der Waals surface area contributed by atoms with Gasteiger partial charge >= 0.3 is 0 Å². The zero-order valence-corrected chi connectivity index (χ0v) is 24.5. The first-order valence-electron chi connectivity index (χ1n) is 15.2. The lowest BCUT2D eigenvalue weighted by atomic mass is 9.45. The van der Waals surface area contributed by atoms with E-state index >= 15 is 0 Å². The highest BCUT2D eigenvalue weighted by molar-refractivity contribution is 5.84. The number of aliphatic hydroxyl groups is 1. The van der Waals surface area contributed by atoms with Crippen molar-refractivity contribution in [3.05, 3.63) is 11.6 Å². The van der Waals surface area contributed by atoms with Gasteiger partial charge in [-0.2, -0.15) is 0 Å². The lowest BCUT2D eigenvalue weighted by molar-refractivity contribution is -0.152. The normalized spacial score (nSPS) is 43.1. The molecule has 0 saturated heterocycles. The second-order valence-corrected chi connectivity index (χ2v) is 14.7. The van der Waals surface area contributed by atoms with Crippen LogP contribution < -0.4 is 5.73 Å². The van der Waals surface area contributed by atoms with Crippen molar-refractivity contribution in [2.75, 3.05) is 20.6 Å². The molecule has 4 rings (SSSR count). The number of hydrogen-bond donors (Lipinski definition) is 2. The molecule has 0 aliphatic heterocycles. The largest absolute Gasteiger partial charge is 0.379 e. The van der Waals surface area contributed by atoms with Crippen molar-refractivity contribution in [3.63, 3.8) is 0 Å². The molecule has 0 bridgehead atoms. The lowest BCUT2D eigenvalue weighted by Crippen LogP contribution is -2.59. The third-order valence-corrected chi connectivity index (χ3v) is 12.0. The summed E-state index contributed by atoms with van der Waals surface area (Å²) in [6.07, 6.45) is 15.3. The SMILES string of the molecule is CC(C)CCC[C@@H](C)[C@H]1CC[C@H]2[C@@H]3CC=C4CC(O)(C(N)=O)C(CCN(C)C)C[C@]4(C)[C@H]3CC[C@]12C. The summed E-state index contributed by atoms with van der Waals surface area (Å²) in [5.74, 6) is 4.16. The molecule has 3 N–H and O–H groups in total. The van der Waals surface area contributed by atoms with Gasteiger partial charge in [-0.3, -0.25) is 4.79 Å². The summed E-state index contributed by atoms with van der Waals surface area (Å²) >= 11 is 0. The van der Waals surface area contributed by atoms with E-state index in [4.69, 9.17) is 5.73 Å². The topological polar surface area (TPSA) is 66.6 Å². The number of carbonyl (C=O) groups excluding carboxylic acids is 1. The van der Waals surface area contributed by atoms with E-state index in [-0.39, 0.29) is 11.3 Å². The molecule has 4 aliphatic rings. The number of nitrogens with two attached hydrogens (primary N) is 1. The van der Waals surface area contributed by atoms with Gasteiger partial charge in [0.15, 0.2) is 0 Å². The van der Waals surface area contributed by atoms with Crippen LogP contribution in [-0.2, 0) is 4.79 Å². The molecule has 3 fully saturated rings. The fourth-order valence-electron chi connectivity index (χ4n) is 9.90. The number of carbonyl (C=O) groups is 1. The number of fused-ring (bicyclic) bond motifs is 5. The molecule has 3 saturated carbocycles. The molecule has 0 heterocycles. The van der Waals surface area contributed by atoms with E-state index in [1.165, 1.54) is 50.5 Å². The van der Waals surface area contributed by atoms with E-state index in [9.17, 15) is 9.90 Å². The standard InChI is InChI=1S/C32H56N2O2/c1-21(2)9-8-10-22(3)26-13-14-27-25-12-11-23-20-32(36,29(33)35)24(16-18-34(6)7)19-31(23,5)28(25)15-17-30(26,27)4/h11,21-22,24-28,36H,8-10,12-20H2,1-7H3,(H2,33,35)/t22-,24?,25+,26-,27+,28+,30-,31+,32?/m1/s1. The van der Waals surface area contributed by atoms with E-state index in [0.717, 1.165) is 55.4 Å². The van der Waals surface area contributed by atoms with Crippen molar-refractivity contribution < 1.29 is 9.90 Å². The molecule has 1 amide bonds. The first-order chi connectivity index (χ1) is 16.8. The quantitative estimate of drug-likeness (QED) is 0.359. The van der Waals surface area contributed by atoms with Crippen LogP contribution in [0.1, 0.15) is 105 Å². The Morgan fingerprint density at radius 2 is 1.86 bits per heavy atom. The first-order valence-corrected chi connectivity index (χ1v) is 15.2. The Morgan fingerprint density at radius 1 is 1.14 bits per heavy atom. The molecule has 0 aromatic carbocycles. The number of allylic oxidation sites excluding steroid dienone is 1. The lowest BCUT2D eigenvalue weighted by Gasteiger charge is -2.60. The predicted octanol–water partition coefficient (Wildman–Crippen LogP) is 6.42. The summed E-state index contributed by atoms with van der Waals surface area (Å²) < 4.78 is 0. The van der Waals surface area contributed by atoms with Crippen LogP contribution in [0.25, 0.3) is 0 Å². The average Bonchev–Trinajstić information content (AvgIpc) is 3.15. The van der Waals surface area contributed by atoms with Crippen LogP contribution in [0.5, 0.6) is 0 Å². The van der Waals surface area contributed by atoms with Crippen LogP contribution in [0, 0.1) is 52.3 Å². The molecule has 4 nitrogen and oxygen atoms in total. The second-order valence-electron chi connectivity index (χ2n) is 14.7. The zero-order chi connectivity index (χ0) is 26.5. The average molecular weight is 501 g/mol. The molecule has 206 valence electrons. The molecule has 36 heavy (non-hydrogen) atoms. The summed E-state index contributed by atoms with van der Waals surface area (Å²) in [6.45, 7) is 13.3. The molecule has 0 spiro atoms. The number of amides is 1. The minimum absolute atomic E-state index is 0.0658. The van der Waals surface area contributed by atoms with Crippen LogP contribution in [0.15, 0.2) is 11.6 Å². The van der Waals surface area contributed by atoms with Crippen molar-refractivity contribution in [3.8, 4) is 0 Å². The maximum absolute atomic E-state index is 12.5. The van der Waals surface area contributed by atoms with E-state index in [2.05, 4.69) is 59.7 Å². The monoisotopic (exact) mass is 500 g/mol. The van der Waals surface area contributed by atoms with E-state index < -0.39 is 11.5 Å². The highest BCUT2D eigenvalue weighted by Crippen LogP contribution is 2.68. The van der Waals surface area contributed by atoms with Gasteiger partial charge in [-0.25, -0.2) is 0 Å². The van der Waals surface area contributed by atoms with Crippen LogP contribution in [0.4, 0.5) is 0 Å². The van der Waals surface area contributed by atoms with Crippen molar-refractivity contribution in [1.82, 2.24) is 4.90 Å². The minimum atomic E-state index is -1.40. The zero-order valence-electron chi connectivity index (χ0n) is 24.5. The number of rotatable bonds is 9. The van der Waals surface area contributed by atoms with Crippen LogP contribution >= 0.6 is 0 Å². The van der Waals surface area contributed by atoms with Gasteiger partial charge in [-0.1, -0.05) is 65.5 Å². The third-order valence-electron chi connectivity index (χ3n) is 12.0. The summed E-state index contributed by atoms with van der Waals surface area (Å²) in [5.41, 5.74) is 6.34. The minimum Gasteiger partial charge on any atom is -0.379 e. The molecular weight excluding hydrogens is 444 g/mol. The highest BCUT2D eigenvalue weighted by atomic mass is 16.3. The molecule has 0 radical (unpaired) electrons. The summed E-state index contributed by atoms with van der Waals surface area (Å²) in [5, 5.41) is 11.5. The molecule has 2 unspecified atom stereocenters. The van der Waals surface area contributed by atoms with E-state index in [1.54, 1.807) is 0 Å². The molecule has 0 aromatic rings. The Bertz CT molecular complexity index is 836. The van der Waals surface area contributed by atoms with Crippen LogP contribution in [-0.4, -0.2) is 42.2 Å². The number of nitrogens with zero attached hydrogens (tertiary/aromatic N) is 1. The molecule has 0 aromatic heterocycles. The Morgan fingerprint density at radius 3 is 2.50 bits per heavy atom. The van der Waals surface area contributed by atoms with E-state index in [1.807, 2.05) is 0 Å². The Labute approximate surface area is 221 Å². The van der Waals surface area contributed by atoms with Gasteiger partial charge in [0, 0.05) is 6.42 Å². The first kappa shape index (κ1) is 28.1. The number of hydrogen-bond acceptors (Lipinski definition) is 3. The molecular formula is C32H56N2O2. The van der Waals surface area contributed by atoms with Gasteiger partial charge in [-0.15, -0.1) is 0 Å². The van der Waals surface area contributed by atoms with Crippen LogP contribution in [0.3, 0.4) is 0 Å². The number of primary amides is 1. The van der Waals surface area contributed by atoms with Gasteiger partial charge in [-0.05, 0) is 118 Å². The van der Waals surface area contributed by atoms with Crippen molar-refractivity contribution in [1.29, 1.82) is 0 Å². The summed E-state index contributed by atoms with van der Waals surface area (Å²) in [7, 11) is 4.14. The Hall–Kier alpha value is -0.870. The van der Waals surface area contributed by atoms with E-state index in [0.29, 0.717) is 17.8 Å². The predicted molar refractivity (Wildman–Crippen MR) is 149 cm³/mol. The fourth-order valence-corrected chi connectivity index (χ4v) is 9.90. The van der Waals surface area contributed by atoms with Gasteiger partial charge in [0.05, 0.1) is 0 Å². The van der Waals surface area contributed by atoms with Gasteiger partial charge < -0.3 is 15.7 Å². The maximum Gasteiger partial charge on any atom is 0.250 e. The van der Waals surface area contributed by atoms with Gasteiger partial charge in [0.25, 0.3) is 0 Å². The summed E-state index contributed by atoms with van der Waals surface area (Å²) in [4.78, 5) is 14.7. The van der Waals surface area contributed by atoms with Crippen molar-refractivity contribution in [2.45, 2.75) is 111 Å². The van der Waals surface area contributed by atoms with Crippen LogP contribution in [0.2, 0.25) is 0 Å². The van der Waals surface area contributed by atoms with Crippen molar-refractivity contribution in [2.24, 2.45) is 58.0 Å². The third kappa shape index (κ3) is 4.83.